The zero-order valence-electron chi connectivity index (χ0n) is 17.1. The second-order valence-electron chi connectivity index (χ2n) is 7.97. The number of ether oxygens (including phenoxy) is 1. The lowest BCUT2D eigenvalue weighted by atomic mass is 9.98. The Bertz CT molecular complexity index is 1040. The van der Waals surface area contributed by atoms with E-state index in [2.05, 4.69) is 10.2 Å². The van der Waals surface area contributed by atoms with Gasteiger partial charge in [0.15, 0.2) is 5.11 Å². The van der Waals surface area contributed by atoms with Crippen LogP contribution in [-0.2, 0) is 9.53 Å². The summed E-state index contributed by atoms with van der Waals surface area (Å²) in [5.74, 6) is 0.0347. The van der Waals surface area contributed by atoms with E-state index in [1.165, 1.54) is 0 Å². The largest absolute Gasteiger partial charge is 0.378 e. The standard InChI is InChI=1S/C22H23ClN4O2S2/c1-13-18(21(28)26-8-10-29-11-9-26)19(25-22(30)27(13)16-6-7-16)17-12-31-20(24-17)14-2-4-15(23)5-3-14/h2-5,12,16,19H,6-11H2,1H3,(H,25,30). The Morgan fingerprint density at radius 2 is 1.97 bits per heavy atom. The van der Waals surface area contributed by atoms with Gasteiger partial charge in [-0.3, -0.25) is 4.79 Å². The number of nitrogens with one attached hydrogen (secondary N) is 1. The predicted octanol–water partition coefficient (Wildman–Crippen LogP) is 3.99. The number of morpholine rings is 1. The Morgan fingerprint density at radius 1 is 1.26 bits per heavy atom. The average Bonchev–Trinajstić information content (AvgIpc) is 3.49. The monoisotopic (exact) mass is 474 g/mol. The Hall–Kier alpha value is -2.00. The number of aromatic nitrogens is 1. The molecule has 1 aromatic heterocycles. The van der Waals surface area contributed by atoms with E-state index in [1.807, 2.05) is 41.5 Å². The van der Waals surface area contributed by atoms with E-state index in [0.29, 0.717) is 42.5 Å². The molecule has 3 heterocycles. The molecule has 1 unspecified atom stereocenters. The van der Waals surface area contributed by atoms with Gasteiger partial charge in [0.2, 0.25) is 0 Å². The molecule has 9 heteroatoms. The number of thiazole rings is 1. The number of carbonyl (C=O) groups excluding carboxylic acids is 1. The molecule has 1 amide bonds. The maximum Gasteiger partial charge on any atom is 0.254 e. The Balaban J connectivity index is 1.52. The van der Waals surface area contributed by atoms with Crippen LogP contribution in [0.3, 0.4) is 0 Å². The minimum absolute atomic E-state index is 0.0347. The van der Waals surface area contributed by atoms with E-state index < -0.39 is 0 Å². The molecule has 6 nitrogen and oxygen atoms in total. The first-order chi connectivity index (χ1) is 15.0. The molecule has 162 valence electrons. The third-order valence-corrected chi connectivity index (χ3v) is 7.35. The molecule has 1 atom stereocenters. The van der Waals surface area contributed by atoms with E-state index in [4.69, 9.17) is 33.5 Å². The molecule has 2 aliphatic heterocycles. The summed E-state index contributed by atoms with van der Waals surface area (Å²) in [5, 5.41) is 7.68. The fourth-order valence-corrected chi connectivity index (χ4v) is 5.49. The second kappa shape index (κ2) is 8.50. The molecule has 0 bridgehead atoms. The van der Waals surface area contributed by atoms with Crippen LogP contribution in [0, 0.1) is 0 Å². The normalized spacial score (nSPS) is 22.0. The van der Waals surface area contributed by atoms with Crippen molar-refractivity contribution in [1.82, 2.24) is 20.1 Å². The maximum absolute atomic E-state index is 13.6. The van der Waals surface area contributed by atoms with Gasteiger partial charge in [0.25, 0.3) is 5.91 Å². The number of carbonyl (C=O) groups is 1. The van der Waals surface area contributed by atoms with Crippen molar-refractivity contribution < 1.29 is 9.53 Å². The molecule has 1 saturated carbocycles. The van der Waals surface area contributed by atoms with Crippen molar-refractivity contribution in [3.8, 4) is 10.6 Å². The predicted molar refractivity (Wildman–Crippen MR) is 126 cm³/mol. The fourth-order valence-electron chi connectivity index (χ4n) is 4.11. The summed E-state index contributed by atoms with van der Waals surface area (Å²) in [6.45, 7) is 4.35. The van der Waals surface area contributed by atoms with Gasteiger partial charge in [-0.2, -0.15) is 0 Å². The third-order valence-electron chi connectivity index (χ3n) is 5.88. The average molecular weight is 475 g/mol. The first kappa shape index (κ1) is 20.9. The highest BCUT2D eigenvalue weighted by molar-refractivity contribution is 7.80. The van der Waals surface area contributed by atoms with Crippen molar-refractivity contribution in [3.05, 3.63) is 51.6 Å². The lowest BCUT2D eigenvalue weighted by Gasteiger charge is -2.39. The second-order valence-corrected chi connectivity index (χ2v) is 9.65. The zero-order valence-corrected chi connectivity index (χ0v) is 19.5. The van der Waals surface area contributed by atoms with Gasteiger partial charge in [-0.05, 0) is 44.1 Å². The van der Waals surface area contributed by atoms with E-state index in [9.17, 15) is 4.79 Å². The van der Waals surface area contributed by atoms with Gasteiger partial charge in [0, 0.05) is 40.8 Å². The highest BCUT2D eigenvalue weighted by Crippen LogP contribution is 2.39. The van der Waals surface area contributed by atoms with Crippen LogP contribution in [-0.4, -0.2) is 58.1 Å². The number of rotatable bonds is 4. The van der Waals surface area contributed by atoms with Gasteiger partial charge < -0.3 is 19.9 Å². The number of benzene rings is 1. The number of hydrogen-bond acceptors (Lipinski definition) is 5. The fraction of sp³-hybridized carbons (Fsp3) is 0.409. The molecule has 5 rings (SSSR count). The van der Waals surface area contributed by atoms with Gasteiger partial charge in [-0.15, -0.1) is 11.3 Å². The molecule has 1 aromatic carbocycles. The molecule has 1 N–H and O–H groups in total. The van der Waals surface area contributed by atoms with Crippen LogP contribution >= 0.6 is 35.2 Å². The maximum atomic E-state index is 13.6. The summed E-state index contributed by atoms with van der Waals surface area (Å²) >= 11 is 13.3. The summed E-state index contributed by atoms with van der Waals surface area (Å²) in [6.07, 6.45) is 2.19. The smallest absolute Gasteiger partial charge is 0.254 e. The van der Waals surface area contributed by atoms with Crippen LogP contribution in [0.4, 0.5) is 0 Å². The summed E-state index contributed by atoms with van der Waals surface area (Å²) in [6, 6.07) is 7.65. The molecule has 0 spiro atoms. The highest BCUT2D eigenvalue weighted by atomic mass is 35.5. The van der Waals surface area contributed by atoms with E-state index in [1.54, 1.807) is 11.3 Å². The van der Waals surface area contributed by atoms with Crippen LogP contribution in [0.5, 0.6) is 0 Å². The summed E-state index contributed by atoms with van der Waals surface area (Å²) < 4.78 is 5.45. The first-order valence-corrected chi connectivity index (χ1v) is 12.1. The summed E-state index contributed by atoms with van der Waals surface area (Å²) in [4.78, 5) is 22.5. The lowest BCUT2D eigenvalue weighted by Crippen LogP contribution is -2.51. The topological polar surface area (TPSA) is 57.7 Å². The number of allylic oxidation sites excluding steroid dienone is 1. The third kappa shape index (κ3) is 4.09. The minimum Gasteiger partial charge on any atom is -0.378 e. The zero-order chi connectivity index (χ0) is 21.5. The van der Waals surface area contributed by atoms with Crippen molar-refractivity contribution in [2.24, 2.45) is 0 Å². The number of halogens is 1. The molecule has 1 saturated heterocycles. The number of amides is 1. The molecule has 2 fully saturated rings. The van der Waals surface area contributed by atoms with Gasteiger partial charge in [0.05, 0.1) is 24.5 Å². The van der Waals surface area contributed by atoms with Crippen molar-refractivity contribution in [2.75, 3.05) is 26.3 Å². The van der Waals surface area contributed by atoms with Crippen molar-refractivity contribution >= 4 is 46.2 Å². The molecule has 2 aromatic rings. The van der Waals surface area contributed by atoms with Crippen LogP contribution in [0.15, 0.2) is 40.9 Å². The van der Waals surface area contributed by atoms with Crippen molar-refractivity contribution in [3.63, 3.8) is 0 Å². The van der Waals surface area contributed by atoms with E-state index in [-0.39, 0.29) is 11.9 Å². The molecule has 31 heavy (non-hydrogen) atoms. The molecular weight excluding hydrogens is 452 g/mol. The first-order valence-electron chi connectivity index (χ1n) is 10.4. The van der Waals surface area contributed by atoms with Crippen molar-refractivity contribution in [2.45, 2.75) is 31.8 Å². The Morgan fingerprint density at radius 3 is 2.65 bits per heavy atom. The lowest BCUT2D eigenvalue weighted by molar-refractivity contribution is -0.131. The Labute approximate surface area is 195 Å². The highest BCUT2D eigenvalue weighted by Gasteiger charge is 2.42. The van der Waals surface area contributed by atoms with E-state index in [0.717, 1.165) is 40.4 Å². The van der Waals surface area contributed by atoms with Crippen LogP contribution in [0.1, 0.15) is 31.5 Å². The quantitative estimate of drug-likeness (QED) is 0.676. The number of thiocarbonyl (C=S) groups is 1. The van der Waals surface area contributed by atoms with E-state index >= 15 is 0 Å². The molecular formula is C22H23ClN4O2S2. The Kier molecular flexibility index (Phi) is 5.73. The summed E-state index contributed by atoms with van der Waals surface area (Å²) in [5.41, 5.74) is 3.48. The van der Waals surface area contributed by atoms with Crippen LogP contribution in [0.25, 0.3) is 10.6 Å². The SMILES string of the molecule is CC1=C(C(=O)N2CCOCC2)C(c2csc(-c3ccc(Cl)cc3)n2)NC(=S)N1C1CC1. The molecule has 1 aliphatic carbocycles. The van der Waals surface area contributed by atoms with Crippen LogP contribution < -0.4 is 5.32 Å². The van der Waals surface area contributed by atoms with Crippen LogP contribution in [0.2, 0.25) is 5.02 Å². The number of nitrogens with zero attached hydrogens (tertiary/aromatic N) is 3. The summed E-state index contributed by atoms with van der Waals surface area (Å²) in [7, 11) is 0. The van der Waals surface area contributed by atoms with Gasteiger partial charge in [-0.1, -0.05) is 23.7 Å². The van der Waals surface area contributed by atoms with Gasteiger partial charge in [0.1, 0.15) is 11.0 Å². The minimum atomic E-state index is -0.366. The molecule has 0 radical (unpaired) electrons. The number of hydrogen-bond donors (Lipinski definition) is 1. The van der Waals surface area contributed by atoms with Gasteiger partial charge >= 0.3 is 0 Å². The van der Waals surface area contributed by atoms with Gasteiger partial charge in [-0.25, -0.2) is 4.98 Å². The molecule has 3 aliphatic rings. The van der Waals surface area contributed by atoms with Crippen molar-refractivity contribution in [1.29, 1.82) is 0 Å².